The number of aryl methyl sites for hydroxylation is 1. The van der Waals surface area contributed by atoms with Gasteiger partial charge < -0.3 is 5.32 Å². The minimum Gasteiger partial charge on any atom is -0.325 e. The second-order valence-electron chi connectivity index (χ2n) is 4.10. The monoisotopic (exact) mass is 303 g/mol. The van der Waals surface area contributed by atoms with E-state index >= 15 is 0 Å². The summed E-state index contributed by atoms with van der Waals surface area (Å²) in [5.41, 5.74) is 1.73. The fraction of sp³-hybridized carbons (Fsp3) is 0.417. The molecule has 1 amide bonds. The number of anilines is 1. The van der Waals surface area contributed by atoms with E-state index in [4.69, 9.17) is 11.6 Å². The molecule has 1 aromatic rings. The maximum absolute atomic E-state index is 11.8. The summed E-state index contributed by atoms with van der Waals surface area (Å²) in [7, 11) is 0. The molecule has 1 aromatic carbocycles. The Morgan fingerprint density at radius 1 is 1.44 bits per heavy atom. The highest BCUT2D eigenvalue weighted by molar-refractivity contribution is 9.10. The number of nitrogens with one attached hydrogen (secondary N) is 1. The molecule has 0 bridgehead atoms. The van der Waals surface area contributed by atoms with Crippen LogP contribution >= 0.6 is 27.5 Å². The fourth-order valence-electron chi connectivity index (χ4n) is 1.24. The Morgan fingerprint density at radius 2 is 2.06 bits per heavy atom. The topological polar surface area (TPSA) is 29.1 Å². The number of rotatable bonds is 3. The molecule has 16 heavy (non-hydrogen) atoms. The third-order valence-electron chi connectivity index (χ3n) is 2.26. The third kappa shape index (κ3) is 3.49. The predicted molar refractivity (Wildman–Crippen MR) is 72.4 cm³/mol. The molecule has 1 unspecified atom stereocenters. The summed E-state index contributed by atoms with van der Waals surface area (Å²) in [5, 5.41) is 3.55. The average Bonchev–Trinajstić information content (AvgIpc) is 2.22. The highest BCUT2D eigenvalue weighted by Crippen LogP contribution is 2.21. The van der Waals surface area contributed by atoms with Crippen LogP contribution in [-0.2, 0) is 4.79 Å². The van der Waals surface area contributed by atoms with Crippen molar-refractivity contribution in [3.63, 3.8) is 0 Å². The van der Waals surface area contributed by atoms with Gasteiger partial charge in [0, 0.05) is 10.7 Å². The van der Waals surface area contributed by atoms with Gasteiger partial charge in [0.25, 0.3) is 0 Å². The molecule has 0 radical (unpaired) electrons. The maximum Gasteiger partial charge on any atom is 0.238 e. The van der Waals surface area contributed by atoms with Crippen LogP contribution in [0.3, 0.4) is 0 Å². The van der Waals surface area contributed by atoms with Gasteiger partial charge in [0.2, 0.25) is 5.91 Å². The van der Waals surface area contributed by atoms with Crippen LogP contribution in [0.4, 0.5) is 5.69 Å². The highest BCUT2D eigenvalue weighted by Gasteiger charge is 2.18. The summed E-state index contributed by atoms with van der Waals surface area (Å²) >= 11 is 9.27. The van der Waals surface area contributed by atoms with Crippen molar-refractivity contribution in [2.75, 3.05) is 5.32 Å². The van der Waals surface area contributed by atoms with Gasteiger partial charge in [-0.3, -0.25) is 4.79 Å². The van der Waals surface area contributed by atoms with Crippen molar-refractivity contribution in [1.29, 1.82) is 0 Å². The fourth-order valence-corrected chi connectivity index (χ4v) is 1.47. The van der Waals surface area contributed by atoms with Crippen molar-refractivity contribution < 1.29 is 4.79 Å². The molecule has 1 rings (SSSR count). The lowest BCUT2D eigenvalue weighted by Crippen LogP contribution is -2.26. The number of benzene rings is 1. The van der Waals surface area contributed by atoms with Gasteiger partial charge in [0.1, 0.15) is 0 Å². The Bertz CT molecular complexity index is 393. The van der Waals surface area contributed by atoms with Gasteiger partial charge in [-0.05, 0) is 36.6 Å². The Morgan fingerprint density at radius 3 is 2.56 bits per heavy atom. The summed E-state index contributed by atoms with van der Waals surface area (Å²) in [4.78, 5) is 11.6. The minimum atomic E-state index is -0.177. The van der Waals surface area contributed by atoms with Crippen molar-refractivity contribution in [1.82, 2.24) is 0 Å². The van der Waals surface area contributed by atoms with Gasteiger partial charge in [-0.15, -0.1) is 0 Å². The molecular weight excluding hydrogens is 289 g/mol. The number of alkyl halides is 1. The van der Waals surface area contributed by atoms with Crippen LogP contribution in [0.2, 0.25) is 5.02 Å². The first-order valence-electron chi connectivity index (χ1n) is 5.13. The highest BCUT2D eigenvalue weighted by atomic mass is 79.9. The Labute approximate surface area is 110 Å². The van der Waals surface area contributed by atoms with Gasteiger partial charge in [0.15, 0.2) is 0 Å². The van der Waals surface area contributed by atoms with Crippen LogP contribution in [0, 0.1) is 12.8 Å². The first-order valence-corrected chi connectivity index (χ1v) is 6.42. The van der Waals surface area contributed by atoms with Crippen LogP contribution in [0.25, 0.3) is 0 Å². The number of carbonyl (C=O) groups excluding carboxylic acids is 1. The second-order valence-corrected chi connectivity index (χ2v) is 5.49. The van der Waals surface area contributed by atoms with E-state index < -0.39 is 0 Å². The van der Waals surface area contributed by atoms with Gasteiger partial charge in [0.05, 0.1) is 4.83 Å². The zero-order chi connectivity index (χ0) is 12.3. The molecule has 0 aromatic heterocycles. The normalized spacial score (nSPS) is 12.6. The number of carbonyl (C=O) groups is 1. The van der Waals surface area contributed by atoms with Gasteiger partial charge in [-0.25, -0.2) is 0 Å². The van der Waals surface area contributed by atoms with E-state index in [-0.39, 0.29) is 16.7 Å². The van der Waals surface area contributed by atoms with Crippen LogP contribution < -0.4 is 5.32 Å². The quantitative estimate of drug-likeness (QED) is 0.840. The summed E-state index contributed by atoms with van der Waals surface area (Å²) < 4.78 is 0. The van der Waals surface area contributed by atoms with Gasteiger partial charge in [-0.2, -0.15) is 0 Å². The SMILES string of the molecule is Cc1cc(NC(=O)C(Br)C(C)C)ccc1Cl. The van der Waals surface area contributed by atoms with Crippen LogP contribution in [0.15, 0.2) is 18.2 Å². The number of hydrogen-bond donors (Lipinski definition) is 1. The summed E-state index contributed by atoms with van der Waals surface area (Å²) in [5.74, 6) is 0.227. The van der Waals surface area contributed by atoms with E-state index in [2.05, 4.69) is 21.2 Å². The van der Waals surface area contributed by atoms with Crippen LogP contribution in [0.5, 0.6) is 0 Å². The average molecular weight is 305 g/mol. The molecule has 0 saturated heterocycles. The zero-order valence-corrected chi connectivity index (χ0v) is 11.9. The summed E-state index contributed by atoms with van der Waals surface area (Å²) in [6, 6.07) is 5.44. The van der Waals surface area contributed by atoms with E-state index in [9.17, 15) is 4.79 Å². The summed E-state index contributed by atoms with van der Waals surface area (Å²) in [6.07, 6.45) is 0. The molecule has 0 saturated carbocycles. The molecule has 2 nitrogen and oxygen atoms in total. The van der Waals surface area contributed by atoms with Crippen molar-refractivity contribution in [3.8, 4) is 0 Å². The van der Waals surface area contributed by atoms with Crippen molar-refractivity contribution in [2.45, 2.75) is 25.6 Å². The van der Waals surface area contributed by atoms with Crippen molar-refractivity contribution in [3.05, 3.63) is 28.8 Å². The first kappa shape index (κ1) is 13.5. The predicted octanol–water partition coefficient (Wildman–Crippen LogP) is 4.01. The molecular formula is C12H15BrClNO. The molecule has 1 atom stereocenters. The zero-order valence-electron chi connectivity index (χ0n) is 9.55. The lowest BCUT2D eigenvalue weighted by Gasteiger charge is -2.14. The lowest BCUT2D eigenvalue weighted by molar-refractivity contribution is -0.116. The Hall–Kier alpha value is -0.540. The largest absolute Gasteiger partial charge is 0.325 e. The second kappa shape index (κ2) is 5.69. The number of amides is 1. The van der Waals surface area contributed by atoms with Gasteiger partial charge >= 0.3 is 0 Å². The van der Waals surface area contributed by atoms with E-state index in [0.717, 1.165) is 11.3 Å². The molecule has 88 valence electrons. The minimum absolute atomic E-state index is 0.0308. The molecule has 0 aliphatic heterocycles. The van der Waals surface area contributed by atoms with Crippen LogP contribution in [0.1, 0.15) is 19.4 Å². The lowest BCUT2D eigenvalue weighted by atomic mass is 10.1. The standard InChI is InChI=1S/C12H15BrClNO/c1-7(2)11(13)12(16)15-9-4-5-10(14)8(3)6-9/h4-7,11H,1-3H3,(H,15,16). The van der Waals surface area contributed by atoms with Crippen LogP contribution in [-0.4, -0.2) is 10.7 Å². The molecule has 0 aliphatic rings. The van der Waals surface area contributed by atoms with E-state index in [1.54, 1.807) is 12.1 Å². The molecule has 0 spiro atoms. The molecule has 0 heterocycles. The Kier molecular flexibility index (Phi) is 4.81. The summed E-state index contributed by atoms with van der Waals surface area (Å²) in [6.45, 7) is 5.89. The number of hydrogen-bond acceptors (Lipinski definition) is 1. The number of halogens is 2. The molecule has 4 heteroatoms. The smallest absolute Gasteiger partial charge is 0.238 e. The molecule has 1 N–H and O–H groups in total. The molecule has 0 fully saturated rings. The Balaban J connectivity index is 2.74. The van der Waals surface area contributed by atoms with Gasteiger partial charge in [-0.1, -0.05) is 41.4 Å². The third-order valence-corrected chi connectivity index (χ3v) is 4.16. The van der Waals surface area contributed by atoms with Crippen molar-refractivity contribution in [2.24, 2.45) is 5.92 Å². The van der Waals surface area contributed by atoms with Crippen molar-refractivity contribution >= 4 is 39.1 Å². The molecule has 0 aliphatic carbocycles. The first-order chi connectivity index (χ1) is 7.41. The van der Waals surface area contributed by atoms with E-state index in [0.29, 0.717) is 5.02 Å². The maximum atomic E-state index is 11.8. The van der Waals surface area contributed by atoms with E-state index in [1.165, 1.54) is 0 Å². The van der Waals surface area contributed by atoms with E-state index in [1.807, 2.05) is 26.8 Å².